The molecule has 0 fully saturated rings. The fraction of sp³-hybridized carbons (Fsp3) is 0.0588. The van der Waals surface area contributed by atoms with Gasteiger partial charge in [-0.2, -0.15) is 5.10 Å². The zero-order valence-corrected chi connectivity index (χ0v) is 11.9. The van der Waals surface area contributed by atoms with Gasteiger partial charge in [0.05, 0.1) is 16.7 Å². The van der Waals surface area contributed by atoms with E-state index in [-0.39, 0.29) is 0 Å². The summed E-state index contributed by atoms with van der Waals surface area (Å²) in [6.07, 6.45) is 3.73. The SMILES string of the molecule is c1ccc(-n2cccn2)c(CNc2nc3ccccc3[nH]2)c1. The van der Waals surface area contributed by atoms with E-state index in [0.717, 1.165) is 28.2 Å². The molecule has 0 atom stereocenters. The first-order valence-electron chi connectivity index (χ1n) is 7.17. The smallest absolute Gasteiger partial charge is 0.201 e. The number of fused-ring (bicyclic) bond motifs is 1. The van der Waals surface area contributed by atoms with Crippen molar-refractivity contribution in [1.82, 2.24) is 19.7 Å². The van der Waals surface area contributed by atoms with Crippen molar-refractivity contribution in [1.29, 1.82) is 0 Å². The Kier molecular flexibility index (Phi) is 3.08. The van der Waals surface area contributed by atoms with Gasteiger partial charge in [-0.1, -0.05) is 30.3 Å². The van der Waals surface area contributed by atoms with Crippen LogP contribution in [0.2, 0.25) is 0 Å². The third-order valence-corrected chi connectivity index (χ3v) is 3.58. The lowest BCUT2D eigenvalue weighted by Crippen LogP contribution is -2.06. The molecular formula is C17H15N5. The number of aromatic amines is 1. The molecule has 2 heterocycles. The van der Waals surface area contributed by atoms with E-state index < -0.39 is 0 Å². The first-order chi connectivity index (χ1) is 10.9. The van der Waals surface area contributed by atoms with Crippen LogP contribution in [0.1, 0.15) is 5.56 Å². The van der Waals surface area contributed by atoms with Crippen LogP contribution in [0.5, 0.6) is 0 Å². The molecule has 0 bridgehead atoms. The van der Waals surface area contributed by atoms with Gasteiger partial charge in [0.2, 0.25) is 5.95 Å². The predicted molar refractivity (Wildman–Crippen MR) is 87.0 cm³/mol. The number of nitrogens with zero attached hydrogens (tertiary/aromatic N) is 3. The van der Waals surface area contributed by atoms with Gasteiger partial charge in [0.1, 0.15) is 0 Å². The fourth-order valence-electron chi connectivity index (χ4n) is 2.51. The summed E-state index contributed by atoms with van der Waals surface area (Å²) >= 11 is 0. The van der Waals surface area contributed by atoms with E-state index in [9.17, 15) is 0 Å². The number of para-hydroxylation sites is 3. The van der Waals surface area contributed by atoms with Crippen molar-refractivity contribution >= 4 is 17.0 Å². The van der Waals surface area contributed by atoms with Gasteiger partial charge in [-0.15, -0.1) is 0 Å². The minimum Gasteiger partial charge on any atom is -0.352 e. The lowest BCUT2D eigenvalue weighted by molar-refractivity contribution is 0.863. The normalized spacial score (nSPS) is 10.9. The van der Waals surface area contributed by atoms with Crippen molar-refractivity contribution in [3.63, 3.8) is 0 Å². The molecule has 0 aliphatic carbocycles. The van der Waals surface area contributed by atoms with Crippen LogP contribution in [-0.4, -0.2) is 19.7 Å². The maximum absolute atomic E-state index is 4.53. The molecule has 22 heavy (non-hydrogen) atoms. The molecule has 0 aliphatic rings. The average Bonchev–Trinajstić information content (AvgIpc) is 3.22. The Morgan fingerprint density at radius 3 is 2.73 bits per heavy atom. The maximum atomic E-state index is 4.53. The molecule has 2 aromatic heterocycles. The van der Waals surface area contributed by atoms with E-state index in [4.69, 9.17) is 0 Å². The number of hydrogen-bond donors (Lipinski definition) is 2. The quantitative estimate of drug-likeness (QED) is 0.605. The highest BCUT2D eigenvalue weighted by atomic mass is 15.3. The molecule has 0 spiro atoms. The second-order valence-corrected chi connectivity index (χ2v) is 5.04. The average molecular weight is 289 g/mol. The minimum atomic E-state index is 0.676. The van der Waals surface area contributed by atoms with E-state index in [0.29, 0.717) is 6.54 Å². The van der Waals surface area contributed by atoms with Crippen LogP contribution in [0.3, 0.4) is 0 Å². The molecule has 2 N–H and O–H groups in total. The molecule has 0 unspecified atom stereocenters. The van der Waals surface area contributed by atoms with Gasteiger partial charge in [0, 0.05) is 18.9 Å². The number of aromatic nitrogens is 4. The second-order valence-electron chi connectivity index (χ2n) is 5.04. The van der Waals surface area contributed by atoms with Gasteiger partial charge in [-0.25, -0.2) is 9.67 Å². The number of benzene rings is 2. The molecule has 4 rings (SSSR count). The van der Waals surface area contributed by atoms with E-state index in [1.807, 2.05) is 53.3 Å². The van der Waals surface area contributed by atoms with Crippen molar-refractivity contribution in [2.45, 2.75) is 6.54 Å². The van der Waals surface area contributed by atoms with Crippen molar-refractivity contribution < 1.29 is 0 Å². The second kappa shape index (κ2) is 5.37. The Bertz CT molecular complexity index is 859. The molecule has 0 radical (unpaired) electrons. The molecule has 4 aromatic rings. The molecular weight excluding hydrogens is 274 g/mol. The highest BCUT2D eigenvalue weighted by molar-refractivity contribution is 5.77. The van der Waals surface area contributed by atoms with Crippen molar-refractivity contribution in [2.75, 3.05) is 5.32 Å². The Labute approximate surface area is 127 Å². The summed E-state index contributed by atoms with van der Waals surface area (Å²) < 4.78 is 1.87. The summed E-state index contributed by atoms with van der Waals surface area (Å²) in [5, 5.41) is 7.65. The number of hydrogen-bond acceptors (Lipinski definition) is 3. The topological polar surface area (TPSA) is 58.5 Å². The number of H-pyrrole nitrogens is 1. The zero-order valence-electron chi connectivity index (χ0n) is 11.9. The van der Waals surface area contributed by atoms with E-state index >= 15 is 0 Å². The van der Waals surface area contributed by atoms with Crippen LogP contribution < -0.4 is 5.32 Å². The predicted octanol–water partition coefficient (Wildman–Crippen LogP) is 3.36. The first-order valence-corrected chi connectivity index (χ1v) is 7.17. The van der Waals surface area contributed by atoms with Crippen molar-refractivity contribution in [3.05, 3.63) is 72.6 Å². The Hall–Kier alpha value is -3.08. The highest BCUT2D eigenvalue weighted by Crippen LogP contribution is 2.17. The molecule has 108 valence electrons. The lowest BCUT2D eigenvalue weighted by atomic mass is 10.2. The molecule has 0 saturated heterocycles. The molecule has 2 aromatic carbocycles. The van der Waals surface area contributed by atoms with Crippen molar-refractivity contribution in [3.8, 4) is 5.69 Å². The van der Waals surface area contributed by atoms with Gasteiger partial charge in [-0.05, 0) is 29.8 Å². The monoisotopic (exact) mass is 289 g/mol. The summed E-state index contributed by atoms with van der Waals surface area (Å²) in [7, 11) is 0. The number of nitrogens with one attached hydrogen (secondary N) is 2. The number of imidazole rings is 1. The van der Waals surface area contributed by atoms with Crippen LogP contribution in [0, 0.1) is 0 Å². The summed E-state index contributed by atoms with van der Waals surface area (Å²) in [6, 6.07) is 18.1. The first kappa shape index (κ1) is 12.6. The largest absolute Gasteiger partial charge is 0.352 e. The highest BCUT2D eigenvalue weighted by Gasteiger charge is 2.06. The summed E-state index contributed by atoms with van der Waals surface area (Å²) in [5.41, 5.74) is 4.22. The van der Waals surface area contributed by atoms with Crippen molar-refractivity contribution in [2.24, 2.45) is 0 Å². The van der Waals surface area contributed by atoms with Crippen LogP contribution in [0.4, 0.5) is 5.95 Å². The minimum absolute atomic E-state index is 0.676. The summed E-state index contributed by atoms with van der Waals surface area (Å²) in [4.78, 5) is 7.81. The Morgan fingerprint density at radius 2 is 1.86 bits per heavy atom. The van der Waals surface area contributed by atoms with Crippen LogP contribution in [-0.2, 0) is 6.54 Å². The van der Waals surface area contributed by atoms with E-state index in [1.165, 1.54) is 0 Å². The standard InChI is InChI=1S/C17H15N5/c1-4-9-16(22-11-5-10-19-22)13(6-1)12-18-17-20-14-7-2-3-8-15(14)21-17/h1-11H,12H2,(H2,18,20,21). The Morgan fingerprint density at radius 1 is 1.00 bits per heavy atom. The number of anilines is 1. The van der Waals surface area contributed by atoms with Gasteiger partial charge in [-0.3, -0.25) is 0 Å². The molecule has 0 aliphatic heterocycles. The van der Waals surface area contributed by atoms with Crippen LogP contribution in [0.15, 0.2) is 67.0 Å². The zero-order chi connectivity index (χ0) is 14.8. The molecule has 5 nitrogen and oxygen atoms in total. The van der Waals surface area contributed by atoms with E-state index in [1.54, 1.807) is 6.20 Å². The van der Waals surface area contributed by atoms with Crippen LogP contribution in [0.25, 0.3) is 16.7 Å². The molecule has 0 saturated carbocycles. The lowest BCUT2D eigenvalue weighted by Gasteiger charge is -2.09. The third kappa shape index (κ3) is 2.33. The third-order valence-electron chi connectivity index (χ3n) is 3.58. The van der Waals surface area contributed by atoms with Gasteiger partial charge in [0.15, 0.2) is 0 Å². The van der Waals surface area contributed by atoms with Gasteiger partial charge < -0.3 is 10.3 Å². The molecule has 0 amide bonds. The molecule has 5 heteroatoms. The maximum Gasteiger partial charge on any atom is 0.201 e. The summed E-state index contributed by atoms with van der Waals surface area (Å²) in [6.45, 7) is 0.676. The van der Waals surface area contributed by atoms with E-state index in [2.05, 4.69) is 32.5 Å². The fourth-order valence-corrected chi connectivity index (χ4v) is 2.51. The summed E-state index contributed by atoms with van der Waals surface area (Å²) in [5.74, 6) is 0.775. The number of rotatable bonds is 4. The van der Waals surface area contributed by atoms with Gasteiger partial charge >= 0.3 is 0 Å². The van der Waals surface area contributed by atoms with Gasteiger partial charge in [0.25, 0.3) is 0 Å². The van der Waals surface area contributed by atoms with Crippen LogP contribution >= 0.6 is 0 Å². The Balaban J connectivity index is 1.59.